The van der Waals surface area contributed by atoms with E-state index >= 15 is 0 Å². The van der Waals surface area contributed by atoms with Gasteiger partial charge in [0.2, 0.25) is 10.0 Å². The third-order valence-corrected chi connectivity index (χ3v) is 7.64. The molecule has 2 aromatic carbocycles. The van der Waals surface area contributed by atoms with Crippen LogP contribution in [0.4, 0.5) is 5.69 Å². The van der Waals surface area contributed by atoms with Crippen LogP contribution in [0.5, 0.6) is 0 Å². The van der Waals surface area contributed by atoms with Crippen molar-refractivity contribution in [2.24, 2.45) is 0 Å². The smallest absolute Gasteiger partial charge is 0.255 e. The van der Waals surface area contributed by atoms with Gasteiger partial charge < -0.3 is 10.6 Å². The number of rotatable bonds is 5. The second kappa shape index (κ2) is 8.88. The standard InChI is InChI=1S/C23H29N3O3S/c1-16-7-2-3-9-18(16)23(27)25-21-12-13-22(20-11-5-4-10-19(20)21)30(28,29)26-17-8-6-14-24-15-17/h2-3,7,9,12-13,17,24,26H,4-6,8,10-11,14-15H2,1H3,(H,25,27). The lowest BCUT2D eigenvalue weighted by atomic mass is 9.90. The number of benzene rings is 2. The van der Waals surface area contributed by atoms with Crippen LogP contribution >= 0.6 is 0 Å². The normalized spacial score (nSPS) is 19.2. The number of nitrogens with one attached hydrogen (secondary N) is 3. The fourth-order valence-corrected chi connectivity index (χ4v) is 6.02. The summed E-state index contributed by atoms with van der Waals surface area (Å²) < 4.78 is 29.2. The molecule has 1 amide bonds. The summed E-state index contributed by atoms with van der Waals surface area (Å²) >= 11 is 0. The van der Waals surface area contributed by atoms with Crippen LogP contribution in [0.15, 0.2) is 41.3 Å². The minimum absolute atomic E-state index is 0.0802. The zero-order valence-electron chi connectivity index (χ0n) is 17.3. The lowest BCUT2D eigenvalue weighted by Crippen LogP contribution is -2.45. The van der Waals surface area contributed by atoms with Crippen LogP contribution in [0.25, 0.3) is 0 Å². The van der Waals surface area contributed by atoms with E-state index in [0.29, 0.717) is 23.4 Å². The second-order valence-corrected chi connectivity index (χ2v) is 9.89. The molecule has 0 radical (unpaired) electrons. The van der Waals surface area contributed by atoms with Crippen LogP contribution in [0, 0.1) is 6.92 Å². The van der Waals surface area contributed by atoms with E-state index < -0.39 is 10.0 Å². The fourth-order valence-electron chi connectivity index (χ4n) is 4.46. The Morgan fingerprint density at radius 1 is 1.03 bits per heavy atom. The number of hydrogen-bond donors (Lipinski definition) is 3. The maximum Gasteiger partial charge on any atom is 0.255 e. The van der Waals surface area contributed by atoms with Crippen molar-refractivity contribution in [2.75, 3.05) is 18.4 Å². The van der Waals surface area contributed by atoms with Crippen molar-refractivity contribution in [3.05, 3.63) is 58.7 Å². The van der Waals surface area contributed by atoms with Gasteiger partial charge in [0.15, 0.2) is 0 Å². The van der Waals surface area contributed by atoms with Gasteiger partial charge in [-0.15, -0.1) is 0 Å². The Bertz CT molecular complexity index is 1040. The van der Waals surface area contributed by atoms with E-state index in [9.17, 15) is 13.2 Å². The topological polar surface area (TPSA) is 87.3 Å². The van der Waals surface area contributed by atoms with Crippen LogP contribution in [-0.2, 0) is 22.9 Å². The highest BCUT2D eigenvalue weighted by Crippen LogP contribution is 2.33. The number of piperidine rings is 1. The molecule has 30 heavy (non-hydrogen) atoms. The van der Waals surface area contributed by atoms with Crippen molar-refractivity contribution in [1.82, 2.24) is 10.0 Å². The van der Waals surface area contributed by atoms with Gasteiger partial charge in [0, 0.05) is 23.8 Å². The summed E-state index contributed by atoms with van der Waals surface area (Å²) in [7, 11) is -3.61. The molecule has 4 rings (SSSR count). The summed E-state index contributed by atoms with van der Waals surface area (Å²) in [6.45, 7) is 3.50. The van der Waals surface area contributed by atoms with E-state index in [4.69, 9.17) is 0 Å². The molecule has 0 aromatic heterocycles. The van der Waals surface area contributed by atoms with Crippen molar-refractivity contribution in [3.8, 4) is 0 Å². The minimum atomic E-state index is -3.61. The predicted octanol–water partition coefficient (Wildman–Crippen LogP) is 3.16. The summed E-state index contributed by atoms with van der Waals surface area (Å²) in [6, 6.07) is 10.8. The summed E-state index contributed by atoms with van der Waals surface area (Å²) in [5.41, 5.74) is 4.06. The number of carbonyl (C=O) groups is 1. The zero-order chi connectivity index (χ0) is 21.1. The molecule has 7 heteroatoms. The Morgan fingerprint density at radius 3 is 2.53 bits per heavy atom. The second-order valence-electron chi connectivity index (χ2n) is 8.21. The summed E-state index contributed by atoms with van der Waals surface area (Å²) in [6.07, 6.45) is 5.24. The van der Waals surface area contributed by atoms with Crippen LogP contribution < -0.4 is 15.4 Å². The number of amides is 1. The van der Waals surface area contributed by atoms with E-state index in [1.165, 1.54) is 0 Å². The van der Waals surface area contributed by atoms with Crippen molar-refractivity contribution in [3.63, 3.8) is 0 Å². The maximum atomic E-state index is 13.1. The molecule has 2 aromatic rings. The number of anilines is 1. The highest BCUT2D eigenvalue weighted by Gasteiger charge is 2.28. The molecule has 160 valence electrons. The van der Waals surface area contributed by atoms with E-state index in [1.807, 2.05) is 25.1 Å². The van der Waals surface area contributed by atoms with Crippen molar-refractivity contribution >= 4 is 21.6 Å². The Kier molecular flexibility index (Phi) is 6.22. The fraction of sp³-hybridized carbons (Fsp3) is 0.435. The Morgan fingerprint density at radius 2 is 1.80 bits per heavy atom. The molecule has 1 saturated heterocycles. The van der Waals surface area contributed by atoms with Crippen molar-refractivity contribution in [2.45, 2.75) is 56.4 Å². The van der Waals surface area contributed by atoms with Gasteiger partial charge in [0.05, 0.1) is 4.90 Å². The first kappa shape index (κ1) is 21.0. The molecule has 0 bridgehead atoms. The van der Waals surface area contributed by atoms with E-state index in [-0.39, 0.29) is 11.9 Å². The average molecular weight is 428 g/mol. The van der Waals surface area contributed by atoms with Crippen molar-refractivity contribution < 1.29 is 13.2 Å². The number of hydrogen-bond acceptors (Lipinski definition) is 4. The molecule has 0 spiro atoms. The molecule has 3 N–H and O–H groups in total. The highest BCUT2D eigenvalue weighted by molar-refractivity contribution is 7.89. The van der Waals surface area contributed by atoms with Gasteiger partial charge in [0.1, 0.15) is 0 Å². The Balaban J connectivity index is 1.63. The number of aryl methyl sites for hydroxylation is 1. The lowest BCUT2D eigenvalue weighted by molar-refractivity contribution is 0.102. The number of fused-ring (bicyclic) bond motifs is 1. The Labute approximate surface area is 178 Å². The SMILES string of the molecule is Cc1ccccc1C(=O)Nc1ccc(S(=O)(=O)NC2CCCNC2)c2c1CCCC2. The van der Waals surface area contributed by atoms with Gasteiger partial charge in [0.25, 0.3) is 5.91 Å². The van der Waals surface area contributed by atoms with Gasteiger partial charge >= 0.3 is 0 Å². The first-order chi connectivity index (χ1) is 14.5. The van der Waals surface area contributed by atoms with E-state index in [0.717, 1.165) is 61.0 Å². The monoisotopic (exact) mass is 427 g/mol. The van der Waals surface area contributed by atoms with Gasteiger partial charge in [-0.05, 0) is 86.9 Å². The molecule has 1 unspecified atom stereocenters. The van der Waals surface area contributed by atoms with Gasteiger partial charge in [-0.25, -0.2) is 13.1 Å². The molecule has 1 aliphatic carbocycles. The summed E-state index contributed by atoms with van der Waals surface area (Å²) in [5, 5.41) is 6.27. The molecule has 2 aliphatic rings. The largest absolute Gasteiger partial charge is 0.322 e. The van der Waals surface area contributed by atoms with Crippen LogP contribution in [0.3, 0.4) is 0 Å². The molecule has 1 atom stereocenters. The highest BCUT2D eigenvalue weighted by atomic mass is 32.2. The van der Waals surface area contributed by atoms with E-state index in [1.54, 1.807) is 18.2 Å². The summed E-state index contributed by atoms with van der Waals surface area (Å²) in [5.74, 6) is -0.164. The quantitative estimate of drug-likeness (QED) is 0.684. The molecule has 6 nitrogen and oxygen atoms in total. The Hall–Kier alpha value is -2.22. The molecule has 1 aliphatic heterocycles. The van der Waals surface area contributed by atoms with E-state index in [2.05, 4.69) is 15.4 Å². The third kappa shape index (κ3) is 4.43. The first-order valence-corrected chi connectivity index (χ1v) is 12.2. The van der Waals surface area contributed by atoms with Crippen LogP contribution in [0.1, 0.15) is 52.7 Å². The van der Waals surface area contributed by atoms with Crippen LogP contribution in [-0.4, -0.2) is 33.5 Å². The summed E-state index contributed by atoms with van der Waals surface area (Å²) in [4.78, 5) is 13.2. The number of carbonyl (C=O) groups excluding carboxylic acids is 1. The first-order valence-electron chi connectivity index (χ1n) is 10.7. The molecule has 1 heterocycles. The number of sulfonamides is 1. The maximum absolute atomic E-state index is 13.1. The van der Waals surface area contributed by atoms with Gasteiger partial charge in [-0.1, -0.05) is 18.2 Å². The predicted molar refractivity (Wildman–Crippen MR) is 118 cm³/mol. The zero-order valence-corrected chi connectivity index (χ0v) is 18.1. The molecule has 0 saturated carbocycles. The van der Waals surface area contributed by atoms with Crippen LogP contribution in [0.2, 0.25) is 0 Å². The molecular formula is C23H29N3O3S. The molecular weight excluding hydrogens is 398 g/mol. The lowest BCUT2D eigenvalue weighted by Gasteiger charge is -2.26. The van der Waals surface area contributed by atoms with Gasteiger partial charge in [-0.3, -0.25) is 4.79 Å². The minimum Gasteiger partial charge on any atom is -0.322 e. The third-order valence-electron chi connectivity index (χ3n) is 6.04. The van der Waals surface area contributed by atoms with Crippen molar-refractivity contribution in [1.29, 1.82) is 0 Å². The average Bonchev–Trinajstić information content (AvgIpc) is 2.74. The van der Waals surface area contributed by atoms with Gasteiger partial charge in [-0.2, -0.15) is 0 Å². The molecule has 1 fully saturated rings.